The van der Waals surface area contributed by atoms with Gasteiger partial charge in [0.25, 0.3) is 0 Å². The molecular weight excluding hydrogens is 895 g/mol. The highest BCUT2D eigenvalue weighted by Gasteiger charge is 2.51. The average Bonchev–Trinajstić information content (AvgIpc) is 3.36. The van der Waals surface area contributed by atoms with Crippen LogP contribution in [-0.2, 0) is 23.7 Å². The van der Waals surface area contributed by atoms with Crippen LogP contribution in [0.1, 0.15) is 219 Å². The molecule has 2 aliphatic rings. The van der Waals surface area contributed by atoms with Crippen LogP contribution in [0.15, 0.2) is 36.5 Å². The second-order valence-corrected chi connectivity index (χ2v) is 20.1. The minimum absolute atomic E-state index is 0.241. The van der Waals surface area contributed by atoms with E-state index < -0.39 is 86.8 Å². The van der Waals surface area contributed by atoms with Gasteiger partial charge in [0.1, 0.15) is 48.8 Å². The van der Waals surface area contributed by atoms with E-state index in [-0.39, 0.29) is 18.9 Å². The van der Waals surface area contributed by atoms with Gasteiger partial charge in [-0.3, -0.25) is 4.79 Å². The van der Waals surface area contributed by atoms with E-state index in [9.17, 15) is 45.6 Å². The van der Waals surface area contributed by atoms with Crippen molar-refractivity contribution in [2.45, 2.75) is 293 Å². The van der Waals surface area contributed by atoms with Crippen LogP contribution in [0.25, 0.3) is 0 Å². The number of ether oxygens (including phenoxy) is 4. The number of carbonyl (C=O) groups is 1. The molecule has 2 fully saturated rings. The Labute approximate surface area is 423 Å². The molecule has 2 saturated heterocycles. The molecule has 14 heteroatoms. The zero-order chi connectivity index (χ0) is 51.0. The molecule has 410 valence electrons. The van der Waals surface area contributed by atoms with Crippen LogP contribution in [0.4, 0.5) is 0 Å². The van der Waals surface area contributed by atoms with E-state index in [4.69, 9.17) is 18.9 Å². The largest absolute Gasteiger partial charge is 0.394 e. The van der Waals surface area contributed by atoms with E-state index in [1.807, 2.05) is 6.08 Å². The topological polar surface area (TPSA) is 228 Å². The van der Waals surface area contributed by atoms with Crippen LogP contribution < -0.4 is 5.32 Å². The third kappa shape index (κ3) is 28.6. The molecule has 0 aromatic rings. The van der Waals surface area contributed by atoms with Crippen LogP contribution >= 0.6 is 0 Å². The lowest BCUT2D eigenvalue weighted by Crippen LogP contribution is -2.65. The molecule has 70 heavy (non-hydrogen) atoms. The average molecular weight is 998 g/mol. The number of nitrogens with one attached hydrogen (secondary N) is 1. The fourth-order valence-corrected chi connectivity index (χ4v) is 9.20. The maximum Gasteiger partial charge on any atom is 0.220 e. The number of allylic oxidation sites excluding steroid dienone is 5. The Morgan fingerprint density at radius 1 is 0.514 bits per heavy atom. The number of carbonyl (C=O) groups excluding carboxylic acids is 1. The van der Waals surface area contributed by atoms with E-state index in [1.54, 1.807) is 6.08 Å². The normalized spacial score (nSPS) is 26.2. The number of aliphatic hydroxyl groups is 8. The van der Waals surface area contributed by atoms with Gasteiger partial charge in [-0.05, 0) is 51.4 Å². The van der Waals surface area contributed by atoms with Crippen LogP contribution in [0.3, 0.4) is 0 Å². The Morgan fingerprint density at radius 3 is 1.43 bits per heavy atom. The predicted octanol–water partition coefficient (Wildman–Crippen LogP) is 8.66. The van der Waals surface area contributed by atoms with Gasteiger partial charge in [-0.2, -0.15) is 0 Å². The fourth-order valence-electron chi connectivity index (χ4n) is 9.20. The number of amides is 1. The second-order valence-electron chi connectivity index (χ2n) is 20.1. The van der Waals surface area contributed by atoms with Gasteiger partial charge in [-0.1, -0.05) is 198 Å². The summed E-state index contributed by atoms with van der Waals surface area (Å²) in [6, 6.07) is -0.912. The number of unbranched alkanes of at least 4 members (excludes halogenated alkanes) is 27. The lowest BCUT2D eigenvalue weighted by molar-refractivity contribution is -0.359. The number of hydrogen-bond donors (Lipinski definition) is 9. The predicted molar refractivity (Wildman–Crippen MR) is 277 cm³/mol. The SMILES string of the molecule is CCCCCCC/C=C\C/C=C\CCCCCCCCCCCCCCCC(=O)NC(COC1OC(CO)C(OC2OC(CO)C(O)C(O)C2O)C(O)C1O)C(O)/C=C/CCCCCCCCCCC. The summed E-state index contributed by atoms with van der Waals surface area (Å²) in [6.45, 7) is 2.77. The molecule has 2 aliphatic heterocycles. The summed E-state index contributed by atoms with van der Waals surface area (Å²) >= 11 is 0. The highest BCUT2D eigenvalue weighted by Crippen LogP contribution is 2.30. The molecule has 0 spiro atoms. The summed E-state index contributed by atoms with van der Waals surface area (Å²) in [7, 11) is 0. The zero-order valence-electron chi connectivity index (χ0n) is 43.8. The first-order chi connectivity index (χ1) is 34.1. The molecule has 0 bridgehead atoms. The standard InChI is InChI=1S/C56H103NO13/c1-3-5-7-9-11-13-15-16-17-18-19-20-21-22-23-24-25-26-27-28-30-32-34-36-38-40-48(61)57-44(45(60)39-37-35-33-31-29-14-12-10-8-6-4-2)43-67-55-53(66)51(64)54(47(42-59)69-55)70-56-52(65)50(63)49(62)46(41-58)68-56/h15-16,18-19,37,39,44-47,49-56,58-60,62-66H,3-14,17,20-36,38,40-43H2,1-2H3,(H,57,61)/b16-15-,19-18-,39-37+. The lowest BCUT2D eigenvalue weighted by atomic mass is 9.97. The van der Waals surface area contributed by atoms with Crippen molar-refractivity contribution < 1.29 is 64.6 Å². The first-order valence-corrected chi connectivity index (χ1v) is 28.2. The van der Waals surface area contributed by atoms with Crippen molar-refractivity contribution in [1.29, 1.82) is 0 Å². The highest BCUT2D eigenvalue weighted by atomic mass is 16.7. The molecule has 0 aromatic carbocycles. The van der Waals surface area contributed by atoms with Gasteiger partial charge >= 0.3 is 0 Å². The minimum Gasteiger partial charge on any atom is -0.394 e. The Bertz CT molecular complexity index is 1320. The number of aliphatic hydroxyl groups excluding tert-OH is 8. The quantitative estimate of drug-likeness (QED) is 0.0206. The second kappa shape index (κ2) is 42.6. The van der Waals surface area contributed by atoms with Crippen LogP contribution in [0.5, 0.6) is 0 Å². The molecular formula is C56H103NO13. The molecule has 9 N–H and O–H groups in total. The summed E-state index contributed by atoms with van der Waals surface area (Å²) in [5.74, 6) is -0.241. The van der Waals surface area contributed by atoms with Crippen molar-refractivity contribution in [3.8, 4) is 0 Å². The Hall–Kier alpha value is -1.79. The molecule has 14 nitrogen and oxygen atoms in total. The zero-order valence-corrected chi connectivity index (χ0v) is 43.8. The van der Waals surface area contributed by atoms with E-state index >= 15 is 0 Å². The van der Waals surface area contributed by atoms with Crippen molar-refractivity contribution >= 4 is 5.91 Å². The molecule has 12 unspecified atom stereocenters. The molecule has 1 amide bonds. The van der Waals surface area contributed by atoms with Gasteiger partial charge in [0.2, 0.25) is 5.91 Å². The highest BCUT2D eigenvalue weighted by molar-refractivity contribution is 5.76. The number of hydrogen-bond acceptors (Lipinski definition) is 13. The third-order valence-electron chi connectivity index (χ3n) is 13.8. The molecule has 12 atom stereocenters. The van der Waals surface area contributed by atoms with E-state index in [0.717, 1.165) is 44.9 Å². The minimum atomic E-state index is -1.79. The monoisotopic (exact) mass is 998 g/mol. The third-order valence-corrected chi connectivity index (χ3v) is 13.8. The van der Waals surface area contributed by atoms with Crippen LogP contribution in [0, 0.1) is 0 Å². The molecule has 0 radical (unpaired) electrons. The van der Waals surface area contributed by atoms with Crippen molar-refractivity contribution in [3.63, 3.8) is 0 Å². The number of rotatable bonds is 44. The van der Waals surface area contributed by atoms with Gasteiger partial charge in [-0.15, -0.1) is 0 Å². The maximum absolute atomic E-state index is 13.2. The molecule has 2 heterocycles. The van der Waals surface area contributed by atoms with Crippen molar-refractivity contribution in [1.82, 2.24) is 5.32 Å². The van der Waals surface area contributed by atoms with Crippen molar-refractivity contribution in [2.75, 3.05) is 19.8 Å². The molecule has 0 aliphatic carbocycles. The summed E-state index contributed by atoms with van der Waals surface area (Å²) < 4.78 is 22.7. The molecule has 2 rings (SSSR count). The summed E-state index contributed by atoms with van der Waals surface area (Å²) in [5.41, 5.74) is 0. The fraction of sp³-hybridized carbons (Fsp3) is 0.875. The van der Waals surface area contributed by atoms with E-state index in [2.05, 4.69) is 43.5 Å². The molecule has 0 aromatic heterocycles. The van der Waals surface area contributed by atoms with E-state index in [1.165, 1.54) is 148 Å². The van der Waals surface area contributed by atoms with Gasteiger partial charge in [0, 0.05) is 6.42 Å². The lowest BCUT2D eigenvalue weighted by Gasteiger charge is -2.46. The van der Waals surface area contributed by atoms with E-state index in [0.29, 0.717) is 6.42 Å². The maximum atomic E-state index is 13.2. The van der Waals surface area contributed by atoms with Crippen molar-refractivity contribution in [2.24, 2.45) is 0 Å². The molecule has 0 saturated carbocycles. The smallest absolute Gasteiger partial charge is 0.220 e. The van der Waals surface area contributed by atoms with Crippen molar-refractivity contribution in [3.05, 3.63) is 36.5 Å². The van der Waals surface area contributed by atoms with Gasteiger partial charge in [-0.25, -0.2) is 0 Å². The van der Waals surface area contributed by atoms with Gasteiger partial charge in [0.15, 0.2) is 12.6 Å². The van der Waals surface area contributed by atoms with Crippen LogP contribution in [-0.4, -0.2) is 140 Å². The first-order valence-electron chi connectivity index (χ1n) is 28.2. The Kier molecular flexibility index (Phi) is 39.1. The summed E-state index contributed by atoms with van der Waals surface area (Å²) in [6.07, 6.45) is 33.3. The summed E-state index contributed by atoms with van der Waals surface area (Å²) in [4.78, 5) is 13.2. The van der Waals surface area contributed by atoms with Crippen LogP contribution in [0.2, 0.25) is 0 Å². The Balaban J connectivity index is 1.72. The van der Waals surface area contributed by atoms with Gasteiger partial charge in [0.05, 0.1) is 32.0 Å². The first kappa shape index (κ1) is 64.3. The van der Waals surface area contributed by atoms with Gasteiger partial charge < -0.3 is 65.1 Å². The Morgan fingerprint density at radius 2 is 0.943 bits per heavy atom. The summed E-state index contributed by atoms with van der Waals surface area (Å²) in [5, 5.41) is 86.8.